The van der Waals surface area contributed by atoms with Gasteiger partial charge in [-0.05, 0) is 25.2 Å². The van der Waals surface area contributed by atoms with E-state index in [9.17, 15) is 0 Å². The Labute approximate surface area is 97.2 Å². The third kappa shape index (κ3) is 11.7. The van der Waals surface area contributed by atoms with E-state index in [-0.39, 0.29) is 0 Å². The molecule has 0 N–H and O–H groups in total. The first-order chi connectivity index (χ1) is 7.31. The van der Waals surface area contributed by atoms with Crippen LogP contribution in [0.4, 0.5) is 0 Å². The Kier molecular flexibility index (Phi) is 11.6. The van der Waals surface area contributed by atoms with Crippen molar-refractivity contribution in [2.45, 2.75) is 78.6 Å². The summed E-state index contributed by atoms with van der Waals surface area (Å²) < 4.78 is 0. The molecule has 0 aromatic rings. The van der Waals surface area contributed by atoms with Crippen molar-refractivity contribution in [1.82, 2.24) is 0 Å². The molecule has 90 valence electrons. The van der Waals surface area contributed by atoms with Crippen molar-refractivity contribution in [3.63, 3.8) is 0 Å². The Morgan fingerprint density at radius 3 is 2.20 bits per heavy atom. The van der Waals surface area contributed by atoms with Crippen molar-refractivity contribution in [3.05, 3.63) is 12.2 Å². The van der Waals surface area contributed by atoms with E-state index in [4.69, 9.17) is 0 Å². The van der Waals surface area contributed by atoms with Gasteiger partial charge in [-0.1, -0.05) is 71.4 Å². The standard InChI is InChI=1S/C15H30/c1-4-6-8-9-10-12-14-15(3)13-11-7-5-2/h12,14-15H,4-11,13H2,1-3H3/b14-12+. The van der Waals surface area contributed by atoms with Crippen molar-refractivity contribution in [2.24, 2.45) is 5.92 Å². The molecule has 0 radical (unpaired) electrons. The zero-order valence-electron chi connectivity index (χ0n) is 11.1. The van der Waals surface area contributed by atoms with E-state index in [1.807, 2.05) is 0 Å². The summed E-state index contributed by atoms with van der Waals surface area (Å²) in [5.41, 5.74) is 0. The third-order valence-corrected chi connectivity index (χ3v) is 2.95. The lowest BCUT2D eigenvalue weighted by atomic mass is 10.0. The van der Waals surface area contributed by atoms with E-state index in [1.54, 1.807) is 0 Å². The summed E-state index contributed by atoms with van der Waals surface area (Å²) in [7, 11) is 0. The van der Waals surface area contributed by atoms with Gasteiger partial charge in [-0.15, -0.1) is 0 Å². The van der Waals surface area contributed by atoms with E-state index in [0.29, 0.717) is 0 Å². The van der Waals surface area contributed by atoms with Crippen LogP contribution in [-0.2, 0) is 0 Å². The summed E-state index contributed by atoms with van der Waals surface area (Å²) in [6.45, 7) is 6.89. The zero-order chi connectivity index (χ0) is 11.4. The first kappa shape index (κ1) is 14.7. The van der Waals surface area contributed by atoms with Gasteiger partial charge in [0.2, 0.25) is 0 Å². The molecule has 0 aliphatic heterocycles. The van der Waals surface area contributed by atoms with Crippen molar-refractivity contribution in [1.29, 1.82) is 0 Å². The molecular formula is C15H30. The molecule has 15 heavy (non-hydrogen) atoms. The topological polar surface area (TPSA) is 0 Å². The summed E-state index contributed by atoms with van der Waals surface area (Å²) in [4.78, 5) is 0. The van der Waals surface area contributed by atoms with Crippen LogP contribution in [-0.4, -0.2) is 0 Å². The molecule has 0 saturated carbocycles. The largest absolute Gasteiger partial charge is 0.0883 e. The summed E-state index contributed by atoms with van der Waals surface area (Å²) in [5, 5.41) is 0. The molecule has 0 saturated heterocycles. The summed E-state index contributed by atoms with van der Waals surface area (Å²) in [5.74, 6) is 0.794. The van der Waals surface area contributed by atoms with Crippen molar-refractivity contribution in [2.75, 3.05) is 0 Å². The Hall–Kier alpha value is -0.260. The maximum absolute atomic E-state index is 2.42. The van der Waals surface area contributed by atoms with Gasteiger partial charge in [0.25, 0.3) is 0 Å². The highest BCUT2D eigenvalue weighted by molar-refractivity contribution is 4.86. The van der Waals surface area contributed by atoms with Crippen LogP contribution in [0, 0.1) is 5.92 Å². The highest BCUT2D eigenvalue weighted by Crippen LogP contribution is 2.11. The van der Waals surface area contributed by atoms with E-state index in [0.717, 1.165) is 5.92 Å². The van der Waals surface area contributed by atoms with Crippen LogP contribution >= 0.6 is 0 Å². The van der Waals surface area contributed by atoms with Crippen molar-refractivity contribution < 1.29 is 0 Å². The molecule has 0 amide bonds. The molecule has 1 unspecified atom stereocenters. The molecule has 0 spiro atoms. The van der Waals surface area contributed by atoms with Crippen LogP contribution in [0.1, 0.15) is 78.6 Å². The minimum absolute atomic E-state index is 0.794. The first-order valence-corrected chi connectivity index (χ1v) is 6.97. The molecule has 0 heterocycles. The zero-order valence-corrected chi connectivity index (χ0v) is 11.1. The van der Waals surface area contributed by atoms with Gasteiger partial charge in [0.1, 0.15) is 0 Å². The maximum Gasteiger partial charge on any atom is -0.0262 e. The average molecular weight is 210 g/mol. The van der Waals surface area contributed by atoms with Gasteiger partial charge in [0, 0.05) is 0 Å². The second-order valence-electron chi connectivity index (χ2n) is 4.75. The molecule has 0 aliphatic carbocycles. The summed E-state index contributed by atoms with van der Waals surface area (Å²) in [6.07, 6.45) is 17.2. The molecule has 0 aromatic carbocycles. The van der Waals surface area contributed by atoms with Gasteiger partial charge in [-0.3, -0.25) is 0 Å². The molecule has 1 atom stereocenters. The van der Waals surface area contributed by atoms with Crippen molar-refractivity contribution in [3.8, 4) is 0 Å². The second-order valence-corrected chi connectivity index (χ2v) is 4.75. The lowest BCUT2D eigenvalue weighted by Gasteiger charge is -2.04. The van der Waals surface area contributed by atoms with E-state index in [2.05, 4.69) is 32.9 Å². The van der Waals surface area contributed by atoms with Gasteiger partial charge >= 0.3 is 0 Å². The number of hydrogen-bond acceptors (Lipinski definition) is 0. The van der Waals surface area contributed by atoms with E-state index < -0.39 is 0 Å². The van der Waals surface area contributed by atoms with Crippen LogP contribution in [0.2, 0.25) is 0 Å². The quantitative estimate of drug-likeness (QED) is 0.319. The van der Waals surface area contributed by atoms with Crippen LogP contribution in [0.15, 0.2) is 12.2 Å². The highest BCUT2D eigenvalue weighted by atomic mass is 14.0. The minimum Gasteiger partial charge on any atom is -0.0883 e. The fourth-order valence-electron chi connectivity index (χ4n) is 1.83. The first-order valence-electron chi connectivity index (χ1n) is 6.97. The molecule has 0 bridgehead atoms. The molecule has 0 fully saturated rings. The lowest BCUT2D eigenvalue weighted by molar-refractivity contribution is 0.573. The monoisotopic (exact) mass is 210 g/mol. The van der Waals surface area contributed by atoms with Crippen LogP contribution in [0.25, 0.3) is 0 Å². The smallest absolute Gasteiger partial charge is 0.0262 e. The predicted molar refractivity (Wildman–Crippen MR) is 71.2 cm³/mol. The lowest BCUT2D eigenvalue weighted by Crippen LogP contribution is -1.89. The SMILES string of the molecule is CCCCCC/C=C/C(C)CCCCC. The van der Waals surface area contributed by atoms with Gasteiger partial charge in [-0.25, -0.2) is 0 Å². The molecule has 0 aromatic heterocycles. The van der Waals surface area contributed by atoms with Crippen LogP contribution in [0.3, 0.4) is 0 Å². The molecule has 0 nitrogen and oxygen atoms in total. The maximum atomic E-state index is 2.42. The molecular weight excluding hydrogens is 180 g/mol. The van der Waals surface area contributed by atoms with Gasteiger partial charge in [0.05, 0.1) is 0 Å². The molecule has 0 rings (SSSR count). The average Bonchev–Trinajstić information content (AvgIpc) is 2.23. The Morgan fingerprint density at radius 1 is 0.867 bits per heavy atom. The Balaban J connectivity index is 3.25. The summed E-state index contributed by atoms with van der Waals surface area (Å²) in [6, 6.07) is 0. The fourth-order valence-corrected chi connectivity index (χ4v) is 1.83. The third-order valence-electron chi connectivity index (χ3n) is 2.95. The highest BCUT2D eigenvalue weighted by Gasteiger charge is 1.95. The second kappa shape index (κ2) is 11.8. The van der Waals surface area contributed by atoms with E-state index >= 15 is 0 Å². The number of allylic oxidation sites excluding steroid dienone is 2. The summed E-state index contributed by atoms with van der Waals surface area (Å²) >= 11 is 0. The predicted octanol–water partition coefficient (Wildman–Crippen LogP) is 5.73. The van der Waals surface area contributed by atoms with Gasteiger partial charge < -0.3 is 0 Å². The number of unbranched alkanes of at least 4 members (excludes halogenated alkanes) is 6. The van der Waals surface area contributed by atoms with Gasteiger partial charge in [0.15, 0.2) is 0 Å². The fraction of sp³-hybridized carbons (Fsp3) is 0.867. The Bertz CT molecular complexity index is 135. The molecule has 0 aliphatic rings. The van der Waals surface area contributed by atoms with Gasteiger partial charge in [-0.2, -0.15) is 0 Å². The van der Waals surface area contributed by atoms with Crippen molar-refractivity contribution >= 4 is 0 Å². The van der Waals surface area contributed by atoms with Crippen LogP contribution in [0.5, 0.6) is 0 Å². The minimum atomic E-state index is 0.794. The molecule has 0 heteroatoms. The normalized spacial score (nSPS) is 13.5. The number of hydrogen-bond donors (Lipinski definition) is 0. The number of rotatable bonds is 10. The van der Waals surface area contributed by atoms with Crippen LogP contribution < -0.4 is 0 Å². The van der Waals surface area contributed by atoms with E-state index in [1.165, 1.54) is 57.8 Å². The Morgan fingerprint density at radius 2 is 1.53 bits per heavy atom.